The maximum Gasteiger partial charge on any atom is 0.274 e. The van der Waals surface area contributed by atoms with E-state index in [1.165, 1.54) is 6.07 Å². The fraction of sp³-hybridized carbons (Fsp3) is 0.611. The molecule has 0 radical (unpaired) electrons. The van der Waals surface area contributed by atoms with E-state index in [-0.39, 0.29) is 18.2 Å². The highest BCUT2D eigenvalue weighted by Crippen LogP contribution is 2.27. The number of rotatable bonds is 7. The maximum absolute atomic E-state index is 12.2. The molecule has 1 aliphatic carbocycles. The Hall–Kier alpha value is -1.99. The molecular formula is C18H27N3O4. The summed E-state index contributed by atoms with van der Waals surface area (Å²) in [6, 6.07) is 5.14. The standard InChI is InChI=1S/C18H27N3O4/c1-13-16(4-3-5-17(13)21(24)25)19-18(23)10-11-20(2)15-8-6-14(12-22)7-9-15/h3-5,14-15,22H,6-12H2,1-2H3,(H,19,23). The normalized spacial score (nSPS) is 20.5. The van der Waals surface area contributed by atoms with Gasteiger partial charge in [0.25, 0.3) is 5.69 Å². The quantitative estimate of drug-likeness (QED) is 0.583. The van der Waals surface area contributed by atoms with Gasteiger partial charge in [0, 0.05) is 31.7 Å². The van der Waals surface area contributed by atoms with Gasteiger partial charge in [-0.15, -0.1) is 0 Å². The number of anilines is 1. The van der Waals surface area contributed by atoms with Crippen molar-refractivity contribution in [2.45, 2.75) is 45.1 Å². The molecule has 0 heterocycles. The second-order valence-electron chi connectivity index (χ2n) is 6.84. The zero-order valence-corrected chi connectivity index (χ0v) is 14.9. The first kappa shape index (κ1) is 19.3. The van der Waals surface area contributed by atoms with Gasteiger partial charge in [-0.2, -0.15) is 0 Å². The van der Waals surface area contributed by atoms with Crippen LogP contribution in [0.25, 0.3) is 0 Å². The Bertz CT molecular complexity index is 612. The number of carbonyl (C=O) groups is 1. The smallest absolute Gasteiger partial charge is 0.274 e. The van der Waals surface area contributed by atoms with Gasteiger partial charge in [0.15, 0.2) is 0 Å². The number of nitro benzene ring substituents is 1. The largest absolute Gasteiger partial charge is 0.396 e. The van der Waals surface area contributed by atoms with E-state index >= 15 is 0 Å². The fourth-order valence-corrected chi connectivity index (χ4v) is 3.40. The van der Waals surface area contributed by atoms with Gasteiger partial charge in [-0.1, -0.05) is 6.07 Å². The lowest BCUT2D eigenvalue weighted by molar-refractivity contribution is -0.385. The minimum absolute atomic E-state index is 0.00978. The van der Waals surface area contributed by atoms with Crippen LogP contribution >= 0.6 is 0 Å². The molecule has 138 valence electrons. The van der Waals surface area contributed by atoms with Gasteiger partial charge in [0.2, 0.25) is 5.91 Å². The SMILES string of the molecule is Cc1c(NC(=O)CCN(C)C2CCC(CO)CC2)cccc1[N+](=O)[O-]. The van der Waals surface area contributed by atoms with Crippen molar-refractivity contribution in [2.75, 3.05) is 25.5 Å². The summed E-state index contributed by atoms with van der Waals surface area (Å²) in [5.74, 6) is 0.282. The first-order valence-corrected chi connectivity index (χ1v) is 8.77. The van der Waals surface area contributed by atoms with E-state index in [1.807, 2.05) is 7.05 Å². The number of amides is 1. The molecule has 0 spiro atoms. The zero-order valence-electron chi connectivity index (χ0n) is 14.9. The Labute approximate surface area is 148 Å². The third-order valence-electron chi connectivity index (χ3n) is 5.17. The van der Waals surface area contributed by atoms with Crippen LogP contribution in [0.15, 0.2) is 18.2 Å². The highest BCUT2D eigenvalue weighted by Gasteiger charge is 2.23. The molecular weight excluding hydrogens is 322 g/mol. The lowest BCUT2D eigenvalue weighted by Gasteiger charge is -2.34. The molecule has 0 aromatic heterocycles. The van der Waals surface area contributed by atoms with Crippen LogP contribution in [-0.2, 0) is 4.79 Å². The van der Waals surface area contributed by atoms with Crippen molar-refractivity contribution in [3.63, 3.8) is 0 Å². The predicted octanol–water partition coefficient (Wildman–Crippen LogP) is 2.71. The number of benzene rings is 1. The lowest BCUT2D eigenvalue weighted by atomic mass is 9.86. The molecule has 25 heavy (non-hydrogen) atoms. The molecule has 1 aromatic rings. The molecule has 7 heteroatoms. The van der Waals surface area contributed by atoms with Crippen molar-refractivity contribution in [1.82, 2.24) is 4.90 Å². The monoisotopic (exact) mass is 349 g/mol. The summed E-state index contributed by atoms with van der Waals surface area (Å²) < 4.78 is 0. The van der Waals surface area contributed by atoms with Crippen LogP contribution in [-0.4, -0.2) is 47.1 Å². The first-order chi connectivity index (χ1) is 11.9. The topological polar surface area (TPSA) is 95.7 Å². The summed E-state index contributed by atoms with van der Waals surface area (Å²) in [7, 11) is 2.02. The average Bonchev–Trinajstić information content (AvgIpc) is 2.61. The summed E-state index contributed by atoms with van der Waals surface area (Å²) in [4.78, 5) is 24.9. The molecule has 0 bridgehead atoms. The number of carbonyl (C=O) groups excluding carboxylic acids is 1. The summed E-state index contributed by atoms with van der Waals surface area (Å²) in [6.07, 6.45) is 4.51. The van der Waals surface area contributed by atoms with Crippen molar-refractivity contribution < 1.29 is 14.8 Å². The van der Waals surface area contributed by atoms with Crippen LogP contribution in [0.2, 0.25) is 0 Å². The first-order valence-electron chi connectivity index (χ1n) is 8.77. The molecule has 0 aliphatic heterocycles. The number of aliphatic hydroxyl groups is 1. The van der Waals surface area contributed by atoms with Crippen LogP contribution in [0.5, 0.6) is 0 Å². The molecule has 1 saturated carbocycles. The Kier molecular flexibility index (Phi) is 6.90. The molecule has 1 aromatic carbocycles. The van der Waals surface area contributed by atoms with E-state index < -0.39 is 4.92 Å². The van der Waals surface area contributed by atoms with Crippen molar-refractivity contribution in [2.24, 2.45) is 5.92 Å². The van der Waals surface area contributed by atoms with Crippen LogP contribution < -0.4 is 5.32 Å². The van der Waals surface area contributed by atoms with E-state index in [2.05, 4.69) is 10.2 Å². The molecule has 0 saturated heterocycles. The van der Waals surface area contributed by atoms with Crippen LogP contribution in [0.3, 0.4) is 0 Å². The number of nitrogens with one attached hydrogen (secondary N) is 1. The second-order valence-corrected chi connectivity index (χ2v) is 6.84. The fourth-order valence-electron chi connectivity index (χ4n) is 3.40. The van der Waals surface area contributed by atoms with Crippen molar-refractivity contribution >= 4 is 17.3 Å². The van der Waals surface area contributed by atoms with Gasteiger partial charge in [0.1, 0.15) is 0 Å². The molecule has 2 N–H and O–H groups in total. The Morgan fingerprint density at radius 2 is 2.04 bits per heavy atom. The van der Waals surface area contributed by atoms with E-state index in [1.54, 1.807) is 19.1 Å². The maximum atomic E-state index is 12.2. The highest BCUT2D eigenvalue weighted by molar-refractivity contribution is 5.92. The lowest BCUT2D eigenvalue weighted by Crippen LogP contribution is -2.37. The summed E-state index contributed by atoms with van der Waals surface area (Å²) in [5, 5.41) is 22.9. The van der Waals surface area contributed by atoms with Crippen LogP contribution in [0.4, 0.5) is 11.4 Å². The van der Waals surface area contributed by atoms with E-state index in [4.69, 9.17) is 0 Å². The number of hydrogen-bond acceptors (Lipinski definition) is 5. The molecule has 0 unspecified atom stereocenters. The molecule has 1 fully saturated rings. The van der Waals surface area contributed by atoms with Gasteiger partial charge < -0.3 is 15.3 Å². The molecule has 2 rings (SSSR count). The molecule has 7 nitrogen and oxygen atoms in total. The number of hydrogen-bond donors (Lipinski definition) is 2. The third kappa shape index (κ3) is 5.24. The third-order valence-corrected chi connectivity index (χ3v) is 5.17. The highest BCUT2D eigenvalue weighted by atomic mass is 16.6. The Morgan fingerprint density at radius 1 is 1.36 bits per heavy atom. The molecule has 1 aliphatic rings. The van der Waals surface area contributed by atoms with E-state index in [0.29, 0.717) is 36.2 Å². The number of aliphatic hydroxyl groups excluding tert-OH is 1. The Balaban J connectivity index is 1.83. The van der Waals surface area contributed by atoms with Gasteiger partial charge in [0.05, 0.1) is 16.2 Å². The second kappa shape index (κ2) is 8.92. The van der Waals surface area contributed by atoms with Gasteiger partial charge in [-0.25, -0.2) is 0 Å². The minimum Gasteiger partial charge on any atom is -0.396 e. The molecule has 0 atom stereocenters. The van der Waals surface area contributed by atoms with Crippen LogP contribution in [0.1, 0.15) is 37.7 Å². The van der Waals surface area contributed by atoms with Gasteiger partial charge in [-0.3, -0.25) is 14.9 Å². The number of nitro groups is 1. The summed E-state index contributed by atoms with van der Waals surface area (Å²) in [5.41, 5.74) is 0.970. The zero-order chi connectivity index (χ0) is 18.4. The van der Waals surface area contributed by atoms with Crippen molar-refractivity contribution in [3.05, 3.63) is 33.9 Å². The summed E-state index contributed by atoms with van der Waals surface area (Å²) in [6.45, 7) is 2.55. The van der Waals surface area contributed by atoms with Gasteiger partial charge >= 0.3 is 0 Å². The number of nitrogens with zero attached hydrogens (tertiary/aromatic N) is 2. The predicted molar refractivity (Wildman–Crippen MR) is 96.5 cm³/mol. The van der Waals surface area contributed by atoms with E-state index in [9.17, 15) is 20.0 Å². The van der Waals surface area contributed by atoms with Crippen LogP contribution in [0, 0.1) is 23.0 Å². The van der Waals surface area contributed by atoms with Crippen molar-refractivity contribution in [1.29, 1.82) is 0 Å². The molecule has 1 amide bonds. The Morgan fingerprint density at radius 3 is 2.64 bits per heavy atom. The van der Waals surface area contributed by atoms with Crippen molar-refractivity contribution in [3.8, 4) is 0 Å². The minimum atomic E-state index is -0.443. The summed E-state index contributed by atoms with van der Waals surface area (Å²) >= 11 is 0. The average molecular weight is 349 g/mol. The van der Waals surface area contributed by atoms with E-state index in [0.717, 1.165) is 25.7 Å². The van der Waals surface area contributed by atoms with Gasteiger partial charge in [-0.05, 0) is 51.6 Å².